The fourth-order valence-corrected chi connectivity index (χ4v) is 3.55. The summed E-state index contributed by atoms with van der Waals surface area (Å²) in [4.78, 5) is 16.0. The minimum absolute atomic E-state index is 0.0273. The van der Waals surface area contributed by atoms with E-state index in [2.05, 4.69) is 23.7 Å². The first kappa shape index (κ1) is 16.5. The number of rotatable bonds is 7. The number of thiophene rings is 1. The Balaban J connectivity index is 1.98. The van der Waals surface area contributed by atoms with Crippen LogP contribution in [0.15, 0.2) is 17.5 Å². The van der Waals surface area contributed by atoms with Gasteiger partial charge in [-0.15, -0.1) is 11.3 Å². The van der Waals surface area contributed by atoms with Crippen LogP contribution in [0, 0.1) is 5.92 Å². The molecule has 2 heterocycles. The first-order valence-electron chi connectivity index (χ1n) is 7.78. The molecule has 0 bridgehead atoms. The van der Waals surface area contributed by atoms with Crippen LogP contribution in [0.2, 0.25) is 0 Å². The van der Waals surface area contributed by atoms with Gasteiger partial charge in [-0.1, -0.05) is 19.4 Å². The lowest BCUT2D eigenvalue weighted by atomic mass is 9.90. The molecule has 0 radical (unpaired) electrons. The molecule has 1 fully saturated rings. The number of carbonyl (C=O) groups is 1. The highest BCUT2D eigenvalue weighted by molar-refractivity contribution is 7.09. The van der Waals surface area contributed by atoms with Crippen LogP contribution >= 0.6 is 11.3 Å². The Morgan fingerprint density at radius 1 is 1.57 bits per heavy atom. The van der Waals surface area contributed by atoms with E-state index in [1.807, 2.05) is 11.0 Å². The molecule has 0 spiro atoms. The number of amides is 1. The molecular weight excluding hydrogens is 284 g/mol. The molecule has 4 nitrogen and oxygen atoms in total. The van der Waals surface area contributed by atoms with Crippen molar-refractivity contribution in [1.82, 2.24) is 10.2 Å². The third-order valence-electron chi connectivity index (χ3n) is 4.19. The van der Waals surface area contributed by atoms with E-state index in [1.54, 1.807) is 18.4 Å². The number of methoxy groups -OCH3 is 1. The number of nitrogens with one attached hydrogen (secondary N) is 1. The van der Waals surface area contributed by atoms with Gasteiger partial charge >= 0.3 is 0 Å². The quantitative estimate of drug-likeness (QED) is 0.841. The molecule has 21 heavy (non-hydrogen) atoms. The number of hydrogen-bond donors (Lipinski definition) is 1. The summed E-state index contributed by atoms with van der Waals surface area (Å²) in [5, 5.41) is 5.45. The van der Waals surface area contributed by atoms with Crippen LogP contribution in [0.5, 0.6) is 0 Å². The van der Waals surface area contributed by atoms with Gasteiger partial charge in [0, 0.05) is 18.5 Å². The zero-order chi connectivity index (χ0) is 15.1. The van der Waals surface area contributed by atoms with Gasteiger partial charge in [0.15, 0.2) is 0 Å². The largest absolute Gasteiger partial charge is 0.383 e. The monoisotopic (exact) mass is 310 g/mol. The van der Waals surface area contributed by atoms with Crippen LogP contribution < -0.4 is 5.32 Å². The maximum absolute atomic E-state index is 12.8. The normalized spacial score (nSPS) is 22.2. The van der Waals surface area contributed by atoms with Crippen molar-refractivity contribution in [2.24, 2.45) is 5.92 Å². The minimum atomic E-state index is -0.0273. The Kier molecular flexibility index (Phi) is 6.67. The van der Waals surface area contributed by atoms with Crippen molar-refractivity contribution < 1.29 is 9.53 Å². The molecule has 2 atom stereocenters. The van der Waals surface area contributed by atoms with Crippen molar-refractivity contribution >= 4 is 17.2 Å². The minimum Gasteiger partial charge on any atom is -0.383 e. The molecule has 118 valence electrons. The van der Waals surface area contributed by atoms with Gasteiger partial charge in [-0.05, 0) is 36.8 Å². The van der Waals surface area contributed by atoms with E-state index in [-0.39, 0.29) is 11.9 Å². The lowest BCUT2D eigenvalue weighted by Gasteiger charge is -2.33. The van der Waals surface area contributed by atoms with Crippen molar-refractivity contribution in [2.45, 2.75) is 38.8 Å². The first-order chi connectivity index (χ1) is 10.2. The second-order valence-electron chi connectivity index (χ2n) is 5.64. The van der Waals surface area contributed by atoms with E-state index >= 15 is 0 Å². The molecule has 2 unspecified atom stereocenters. The van der Waals surface area contributed by atoms with Crippen molar-refractivity contribution in [3.05, 3.63) is 22.4 Å². The Hall–Kier alpha value is -0.910. The molecule has 0 saturated carbocycles. The lowest BCUT2D eigenvalue weighted by Crippen LogP contribution is -2.50. The molecule has 1 saturated heterocycles. The van der Waals surface area contributed by atoms with Crippen LogP contribution in [0.25, 0.3) is 0 Å². The van der Waals surface area contributed by atoms with E-state index in [1.165, 1.54) is 11.3 Å². The molecule has 1 aliphatic rings. The van der Waals surface area contributed by atoms with Crippen LogP contribution in [0.3, 0.4) is 0 Å². The maximum atomic E-state index is 12.8. The van der Waals surface area contributed by atoms with Gasteiger partial charge in [0.2, 0.25) is 5.91 Å². The van der Waals surface area contributed by atoms with Gasteiger partial charge in [0.1, 0.15) is 0 Å². The Labute approximate surface area is 131 Å². The molecule has 1 N–H and O–H groups in total. The summed E-state index contributed by atoms with van der Waals surface area (Å²) in [6.45, 7) is 5.09. The van der Waals surface area contributed by atoms with E-state index in [4.69, 9.17) is 4.74 Å². The van der Waals surface area contributed by atoms with Gasteiger partial charge in [-0.2, -0.15) is 0 Å². The molecule has 1 aliphatic heterocycles. The third kappa shape index (κ3) is 4.80. The van der Waals surface area contributed by atoms with Gasteiger partial charge in [-0.3, -0.25) is 4.79 Å². The van der Waals surface area contributed by atoms with E-state index in [9.17, 15) is 4.79 Å². The number of nitrogens with zero attached hydrogens (tertiary/aromatic N) is 1. The lowest BCUT2D eigenvalue weighted by molar-refractivity contribution is -0.135. The van der Waals surface area contributed by atoms with Crippen LogP contribution in [-0.2, 0) is 16.1 Å². The predicted octanol–water partition coefficient (Wildman–Crippen LogP) is 2.50. The second-order valence-corrected chi connectivity index (χ2v) is 6.67. The van der Waals surface area contributed by atoms with Crippen molar-refractivity contribution in [1.29, 1.82) is 0 Å². The average molecular weight is 310 g/mol. The summed E-state index contributed by atoms with van der Waals surface area (Å²) >= 11 is 1.70. The van der Waals surface area contributed by atoms with Crippen molar-refractivity contribution in [3.63, 3.8) is 0 Å². The predicted molar refractivity (Wildman–Crippen MR) is 86.4 cm³/mol. The Morgan fingerprint density at radius 3 is 3.10 bits per heavy atom. The molecular formula is C16H26N2O2S. The number of ether oxygens (including phenoxy) is 1. The standard InChI is InChI=1S/C16H26N2O2S/c1-3-13-6-7-17-15(11-13)16(19)18(8-9-20-2)12-14-5-4-10-21-14/h4-5,10,13,15,17H,3,6-9,11-12H2,1-2H3. The molecule has 0 aliphatic carbocycles. The van der Waals surface area contributed by atoms with Crippen LogP contribution in [-0.4, -0.2) is 43.7 Å². The summed E-state index contributed by atoms with van der Waals surface area (Å²) in [5.41, 5.74) is 0. The molecule has 1 amide bonds. The fraction of sp³-hybridized carbons (Fsp3) is 0.688. The summed E-state index contributed by atoms with van der Waals surface area (Å²) in [6, 6.07) is 4.09. The van der Waals surface area contributed by atoms with Gasteiger partial charge in [0.25, 0.3) is 0 Å². The second kappa shape index (κ2) is 8.51. The van der Waals surface area contributed by atoms with Gasteiger partial charge in [-0.25, -0.2) is 0 Å². The zero-order valence-corrected chi connectivity index (χ0v) is 13.8. The van der Waals surface area contributed by atoms with Crippen LogP contribution in [0.4, 0.5) is 0 Å². The Bertz CT molecular complexity index is 422. The highest BCUT2D eigenvalue weighted by Gasteiger charge is 2.29. The number of hydrogen-bond acceptors (Lipinski definition) is 4. The highest BCUT2D eigenvalue weighted by Crippen LogP contribution is 2.21. The summed E-state index contributed by atoms with van der Waals surface area (Å²) in [7, 11) is 1.68. The molecule has 0 aromatic carbocycles. The number of piperidine rings is 1. The molecule has 2 rings (SSSR count). The Morgan fingerprint density at radius 2 is 2.43 bits per heavy atom. The van der Waals surface area contributed by atoms with E-state index in [0.29, 0.717) is 25.6 Å². The fourth-order valence-electron chi connectivity index (χ4n) is 2.83. The van der Waals surface area contributed by atoms with Crippen LogP contribution in [0.1, 0.15) is 31.1 Å². The van der Waals surface area contributed by atoms with Gasteiger partial charge < -0.3 is 15.0 Å². The summed E-state index contributed by atoms with van der Waals surface area (Å²) in [6.07, 6.45) is 3.31. The molecule has 5 heteroatoms. The molecule has 1 aromatic heterocycles. The SMILES string of the molecule is CCC1CCNC(C(=O)N(CCOC)Cc2cccs2)C1. The average Bonchev–Trinajstić information content (AvgIpc) is 3.03. The zero-order valence-electron chi connectivity index (χ0n) is 13.0. The van der Waals surface area contributed by atoms with Crippen molar-refractivity contribution in [3.8, 4) is 0 Å². The summed E-state index contributed by atoms with van der Waals surface area (Å²) < 4.78 is 5.16. The molecule has 1 aromatic rings. The number of carbonyl (C=O) groups excluding carboxylic acids is 1. The highest BCUT2D eigenvalue weighted by atomic mass is 32.1. The summed E-state index contributed by atoms with van der Waals surface area (Å²) in [5.74, 6) is 0.893. The smallest absolute Gasteiger partial charge is 0.240 e. The van der Waals surface area contributed by atoms with E-state index in [0.717, 1.165) is 19.4 Å². The van der Waals surface area contributed by atoms with E-state index < -0.39 is 0 Å². The topological polar surface area (TPSA) is 41.6 Å². The van der Waals surface area contributed by atoms with Gasteiger partial charge in [0.05, 0.1) is 19.2 Å². The maximum Gasteiger partial charge on any atom is 0.240 e. The first-order valence-corrected chi connectivity index (χ1v) is 8.66. The van der Waals surface area contributed by atoms with Crippen molar-refractivity contribution in [2.75, 3.05) is 26.8 Å². The third-order valence-corrected chi connectivity index (χ3v) is 5.05.